The van der Waals surface area contributed by atoms with Crippen molar-refractivity contribution < 1.29 is 4.39 Å². The van der Waals surface area contributed by atoms with Gasteiger partial charge in [-0.05, 0) is 11.6 Å². The van der Waals surface area contributed by atoms with Gasteiger partial charge in [0.1, 0.15) is 0 Å². The second-order valence-corrected chi connectivity index (χ2v) is 4.37. The molecule has 16 heavy (non-hydrogen) atoms. The summed E-state index contributed by atoms with van der Waals surface area (Å²) in [5.41, 5.74) is 6.68. The molecule has 1 aliphatic heterocycles. The molecule has 1 saturated heterocycles. The van der Waals surface area contributed by atoms with Crippen LogP contribution < -0.4 is 11.1 Å². The number of nitrogens with zero attached hydrogens (tertiary/aromatic N) is 1. The third kappa shape index (κ3) is 2.45. The largest absolute Gasteiger partial charge is 0.396 e. The van der Waals surface area contributed by atoms with Gasteiger partial charge in [-0.1, -0.05) is 17.7 Å². The van der Waals surface area contributed by atoms with Crippen molar-refractivity contribution in [1.82, 2.24) is 10.2 Å². The van der Waals surface area contributed by atoms with Crippen LogP contribution >= 0.6 is 11.6 Å². The van der Waals surface area contributed by atoms with Crippen LogP contribution in [0, 0.1) is 5.82 Å². The van der Waals surface area contributed by atoms with Crippen LogP contribution in [-0.4, -0.2) is 31.1 Å². The summed E-state index contributed by atoms with van der Waals surface area (Å²) >= 11 is 5.65. The molecule has 0 spiro atoms. The van der Waals surface area contributed by atoms with Gasteiger partial charge >= 0.3 is 0 Å². The second-order valence-electron chi connectivity index (χ2n) is 3.96. The average Bonchev–Trinajstić information content (AvgIpc) is 2.31. The second kappa shape index (κ2) is 4.99. The van der Waals surface area contributed by atoms with Gasteiger partial charge in [-0.25, -0.2) is 4.39 Å². The van der Waals surface area contributed by atoms with Crippen molar-refractivity contribution in [2.45, 2.75) is 6.54 Å². The molecule has 0 amide bonds. The van der Waals surface area contributed by atoms with Gasteiger partial charge in [-0.15, -0.1) is 0 Å². The Morgan fingerprint density at radius 3 is 2.75 bits per heavy atom. The minimum atomic E-state index is -0.505. The van der Waals surface area contributed by atoms with Crippen LogP contribution in [0.25, 0.3) is 0 Å². The van der Waals surface area contributed by atoms with E-state index in [4.69, 9.17) is 17.3 Å². The summed E-state index contributed by atoms with van der Waals surface area (Å²) in [6, 6.07) is 3.35. The van der Waals surface area contributed by atoms with Crippen molar-refractivity contribution in [3.05, 3.63) is 28.5 Å². The minimum absolute atomic E-state index is 0.0848. The number of hydrogen-bond donors (Lipinski definition) is 2. The quantitative estimate of drug-likeness (QED) is 0.773. The van der Waals surface area contributed by atoms with E-state index in [1.165, 1.54) is 0 Å². The number of nitrogens with one attached hydrogen (secondary N) is 1. The molecule has 1 aliphatic rings. The van der Waals surface area contributed by atoms with Gasteiger partial charge in [0, 0.05) is 32.7 Å². The molecule has 2 rings (SSSR count). The Balaban J connectivity index is 2.11. The van der Waals surface area contributed by atoms with E-state index in [0.717, 1.165) is 31.7 Å². The van der Waals surface area contributed by atoms with Crippen LogP contribution in [0.3, 0.4) is 0 Å². The lowest BCUT2D eigenvalue weighted by molar-refractivity contribution is 0.233. The number of anilines is 1. The first kappa shape index (κ1) is 11.6. The third-order valence-electron chi connectivity index (χ3n) is 2.83. The summed E-state index contributed by atoms with van der Waals surface area (Å²) in [5, 5.41) is 3.35. The predicted molar refractivity (Wildman–Crippen MR) is 64.0 cm³/mol. The van der Waals surface area contributed by atoms with Gasteiger partial charge in [-0.3, -0.25) is 4.90 Å². The number of nitrogens with two attached hydrogens (primary N) is 1. The third-order valence-corrected chi connectivity index (χ3v) is 3.12. The Labute approximate surface area is 99.4 Å². The first-order valence-corrected chi connectivity index (χ1v) is 5.71. The maximum absolute atomic E-state index is 13.5. The van der Waals surface area contributed by atoms with Gasteiger partial charge < -0.3 is 11.1 Å². The number of nitrogen functional groups attached to an aromatic ring is 1. The van der Waals surface area contributed by atoms with E-state index in [1.54, 1.807) is 12.1 Å². The van der Waals surface area contributed by atoms with Crippen molar-refractivity contribution in [2.24, 2.45) is 0 Å². The van der Waals surface area contributed by atoms with E-state index in [9.17, 15) is 4.39 Å². The highest BCUT2D eigenvalue weighted by molar-refractivity contribution is 6.31. The first-order valence-electron chi connectivity index (χ1n) is 5.34. The highest BCUT2D eigenvalue weighted by Crippen LogP contribution is 2.24. The van der Waals surface area contributed by atoms with Crippen LogP contribution in [0.1, 0.15) is 5.56 Å². The molecule has 3 N–H and O–H groups in total. The van der Waals surface area contributed by atoms with Gasteiger partial charge in [0.2, 0.25) is 0 Å². The summed E-state index contributed by atoms with van der Waals surface area (Å²) in [5.74, 6) is -0.505. The van der Waals surface area contributed by atoms with Crippen LogP contribution in [0.15, 0.2) is 12.1 Å². The molecule has 1 aromatic carbocycles. The van der Waals surface area contributed by atoms with Gasteiger partial charge in [0.15, 0.2) is 5.82 Å². The number of benzene rings is 1. The molecule has 5 heteroatoms. The molecule has 1 fully saturated rings. The number of piperazine rings is 1. The van der Waals surface area contributed by atoms with Crippen LogP contribution in [0.2, 0.25) is 5.02 Å². The zero-order chi connectivity index (χ0) is 11.5. The first-order chi connectivity index (χ1) is 7.68. The van der Waals surface area contributed by atoms with E-state index in [0.29, 0.717) is 6.54 Å². The lowest BCUT2D eigenvalue weighted by Crippen LogP contribution is -2.43. The highest BCUT2D eigenvalue weighted by Gasteiger charge is 2.14. The van der Waals surface area contributed by atoms with Crippen LogP contribution in [0.4, 0.5) is 10.1 Å². The van der Waals surface area contributed by atoms with Crippen molar-refractivity contribution in [2.75, 3.05) is 31.9 Å². The molecular formula is C11H15ClFN3. The molecule has 0 aliphatic carbocycles. The summed E-state index contributed by atoms with van der Waals surface area (Å²) in [6.45, 7) is 4.54. The van der Waals surface area contributed by atoms with Crippen LogP contribution in [0.5, 0.6) is 0 Å². The molecule has 88 valence electrons. The number of rotatable bonds is 2. The Morgan fingerprint density at radius 2 is 2.06 bits per heavy atom. The van der Waals surface area contributed by atoms with E-state index >= 15 is 0 Å². The Bertz CT molecular complexity index is 378. The molecule has 0 radical (unpaired) electrons. The van der Waals surface area contributed by atoms with Crippen molar-refractivity contribution in [3.63, 3.8) is 0 Å². The van der Waals surface area contributed by atoms with Crippen LogP contribution in [-0.2, 0) is 6.54 Å². The van der Waals surface area contributed by atoms with Gasteiger partial charge in [0.25, 0.3) is 0 Å². The molecule has 0 atom stereocenters. The standard InChI is InChI=1S/C11H15ClFN3/c12-9-2-1-8(11(14)10(9)13)7-16-5-3-15-4-6-16/h1-2,15H,3-7,14H2. The molecule has 1 aromatic rings. The fourth-order valence-electron chi connectivity index (χ4n) is 1.85. The molecular weight excluding hydrogens is 229 g/mol. The van der Waals surface area contributed by atoms with Gasteiger partial charge in [-0.2, -0.15) is 0 Å². The number of hydrogen-bond acceptors (Lipinski definition) is 3. The predicted octanol–water partition coefficient (Wildman–Crippen LogP) is 1.47. The summed E-state index contributed by atoms with van der Waals surface area (Å²) < 4.78 is 13.5. The zero-order valence-corrected chi connectivity index (χ0v) is 9.73. The van der Waals surface area contributed by atoms with E-state index in [-0.39, 0.29) is 10.7 Å². The summed E-state index contributed by atoms with van der Waals surface area (Å²) in [4.78, 5) is 2.25. The smallest absolute Gasteiger partial charge is 0.164 e. The minimum Gasteiger partial charge on any atom is -0.396 e. The van der Waals surface area contributed by atoms with Crippen molar-refractivity contribution >= 4 is 17.3 Å². The topological polar surface area (TPSA) is 41.3 Å². The lowest BCUT2D eigenvalue weighted by atomic mass is 10.1. The van der Waals surface area contributed by atoms with Crippen molar-refractivity contribution in [3.8, 4) is 0 Å². The van der Waals surface area contributed by atoms with Gasteiger partial charge in [0.05, 0.1) is 10.7 Å². The highest BCUT2D eigenvalue weighted by atomic mass is 35.5. The maximum Gasteiger partial charge on any atom is 0.164 e. The van der Waals surface area contributed by atoms with E-state index < -0.39 is 5.82 Å². The fourth-order valence-corrected chi connectivity index (χ4v) is 2.02. The molecule has 0 saturated carbocycles. The summed E-state index contributed by atoms with van der Waals surface area (Å²) in [7, 11) is 0. The SMILES string of the molecule is Nc1c(CN2CCNCC2)ccc(Cl)c1F. The maximum atomic E-state index is 13.5. The molecule has 0 unspecified atom stereocenters. The molecule has 1 heterocycles. The molecule has 0 aromatic heterocycles. The van der Waals surface area contributed by atoms with Crippen molar-refractivity contribution in [1.29, 1.82) is 0 Å². The summed E-state index contributed by atoms with van der Waals surface area (Å²) in [6.07, 6.45) is 0. The van der Waals surface area contributed by atoms with E-state index in [1.807, 2.05) is 0 Å². The fraction of sp³-hybridized carbons (Fsp3) is 0.455. The monoisotopic (exact) mass is 243 g/mol. The lowest BCUT2D eigenvalue weighted by Gasteiger charge is -2.27. The Hall–Kier alpha value is -0.840. The van der Waals surface area contributed by atoms with E-state index in [2.05, 4.69) is 10.2 Å². The number of halogens is 2. The molecule has 3 nitrogen and oxygen atoms in total. The Kier molecular flexibility index (Phi) is 3.63. The average molecular weight is 244 g/mol. The molecule has 0 bridgehead atoms. The normalized spacial score (nSPS) is 17.6. The zero-order valence-electron chi connectivity index (χ0n) is 8.97. The Morgan fingerprint density at radius 1 is 1.38 bits per heavy atom.